The molecule has 0 bridgehead atoms. The first kappa shape index (κ1) is 20.1. The Balaban J connectivity index is 1.80. The number of ether oxygens (including phenoxy) is 1. The van der Waals surface area contributed by atoms with Gasteiger partial charge in [0.15, 0.2) is 0 Å². The van der Waals surface area contributed by atoms with Crippen LogP contribution in [-0.2, 0) is 4.74 Å². The summed E-state index contributed by atoms with van der Waals surface area (Å²) in [7, 11) is 0. The molecule has 25 heavy (non-hydrogen) atoms. The van der Waals surface area contributed by atoms with E-state index in [9.17, 15) is 4.79 Å². The maximum absolute atomic E-state index is 12.4. The van der Waals surface area contributed by atoms with E-state index in [1.165, 1.54) is 5.56 Å². The summed E-state index contributed by atoms with van der Waals surface area (Å²) in [6, 6.07) is 8.65. The third-order valence-corrected chi connectivity index (χ3v) is 4.48. The van der Waals surface area contributed by atoms with E-state index in [1.54, 1.807) is 0 Å². The number of amides is 1. The maximum atomic E-state index is 12.4. The van der Waals surface area contributed by atoms with Crippen molar-refractivity contribution in [3.8, 4) is 0 Å². The number of hydrogen-bond donors (Lipinski definition) is 1. The first-order chi connectivity index (χ1) is 11.8. The molecule has 1 aliphatic rings. The van der Waals surface area contributed by atoms with Crippen LogP contribution >= 0.6 is 11.6 Å². The predicted molar refractivity (Wildman–Crippen MR) is 103 cm³/mol. The molecule has 1 aromatic carbocycles. The Morgan fingerprint density at radius 3 is 2.68 bits per heavy atom. The van der Waals surface area contributed by atoms with Crippen LogP contribution in [0.15, 0.2) is 24.3 Å². The van der Waals surface area contributed by atoms with Crippen molar-refractivity contribution in [1.29, 1.82) is 0 Å². The summed E-state index contributed by atoms with van der Waals surface area (Å²) in [5, 5.41) is 4.34. The van der Waals surface area contributed by atoms with Crippen molar-refractivity contribution in [2.24, 2.45) is 0 Å². The third kappa shape index (κ3) is 6.87. The van der Waals surface area contributed by atoms with E-state index >= 15 is 0 Å². The number of benzene rings is 1. The van der Waals surface area contributed by atoms with E-state index in [0.29, 0.717) is 6.04 Å². The lowest BCUT2D eigenvalue weighted by atomic mass is 10.0. The fraction of sp³-hybridized carbons (Fsp3) is 0.650. The van der Waals surface area contributed by atoms with E-state index in [1.807, 2.05) is 43.9 Å². The summed E-state index contributed by atoms with van der Waals surface area (Å²) in [4.78, 5) is 14.2. The Morgan fingerprint density at radius 1 is 1.40 bits per heavy atom. The van der Waals surface area contributed by atoms with Gasteiger partial charge in [0.2, 0.25) is 0 Å². The van der Waals surface area contributed by atoms with Crippen LogP contribution in [0.1, 0.15) is 65.0 Å². The number of hydrogen-bond acceptors (Lipinski definition) is 3. The van der Waals surface area contributed by atoms with Gasteiger partial charge in [-0.2, -0.15) is 0 Å². The predicted octanol–water partition coefficient (Wildman–Crippen LogP) is 5.17. The summed E-state index contributed by atoms with van der Waals surface area (Å²) in [5.74, 6) is 0. The van der Waals surface area contributed by atoms with Crippen LogP contribution in [0.2, 0.25) is 5.02 Å². The van der Waals surface area contributed by atoms with Crippen LogP contribution in [-0.4, -0.2) is 35.7 Å². The fourth-order valence-corrected chi connectivity index (χ4v) is 3.08. The average Bonchev–Trinajstić information content (AvgIpc) is 3.33. The standard InChI is InChI=1S/C20H31ClN2O2/c1-5-18(15-8-6-9-16(21)14-15)22-12-7-13-23(17-10-11-17)19(24)25-20(2,3)4/h6,8-9,14,17-18,22H,5,7,10-13H2,1-4H3. The lowest BCUT2D eigenvalue weighted by Gasteiger charge is -2.27. The summed E-state index contributed by atoms with van der Waals surface area (Å²) in [5.41, 5.74) is 0.767. The molecule has 1 unspecified atom stereocenters. The first-order valence-electron chi connectivity index (χ1n) is 9.28. The zero-order valence-electron chi connectivity index (χ0n) is 15.8. The Kier molecular flexibility index (Phi) is 7.14. The Morgan fingerprint density at radius 2 is 2.12 bits per heavy atom. The molecule has 1 amide bonds. The van der Waals surface area contributed by atoms with E-state index < -0.39 is 5.60 Å². The number of nitrogens with zero attached hydrogens (tertiary/aromatic N) is 1. The molecule has 0 radical (unpaired) electrons. The molecule has 1 atom stereocenters. The smallest absolute Gasteiger partial charge is 0.410 e. The van der Waals surface area contributed by atoms with Crippen LogP contribution in [0.3, 0.4) is 0 Å². The molecular weight excluding hydrogens is 336 g/mol. The topological polar surface area (TPSA) is 41.6 Å². The number of carbonyl (C=O) groups excluding carboxylic acids is 1. The molecule has 1 saturated carbocycles. The molecule has 0 heterocycles. The highest BCUT2D eigenvalue weighted by molar-refractivity contribution is 6.30. The van der Waals surface area contributed by atoms with Crippen LogP contribution in [0, 0.1) is 0 Å². The Hall–Kier alpha value is -1.26. The van der Waals surface area contributed by atoms with Gasteiger partial charge in [0.1, 0.15) is 5.60 Å². The molecule has 1 N–H and O–H groups in total. The molecule has 2 rings (SSSR count). The van der Waals surface area contributed by atoms with E-state index in [2.05, 4.69) is 18.3 Å². The van der Waals surface area contributed by atoms with Crippen molar-refractivity contribution in [1.82, 2.24) is 10.2 Å². The second-order valence-electron chi connectivity index (χ2n) is 7.73. The zero-order valence-corrected chi connectivity index (χ0v) is 16.6. The Labute approximate surface area is 156 Å². The van der Waals surface area contributed by atoms with Crippen LogP contribution in [0.4, 0.5) is 4.79 Å². The van der Waals surface area contributed by atoms with Gasteiger partial charge in [0.25, 0.3) is 0 Å². The van der Waals surface area contributed by atoms with Gasteiger partial charge in [-0.3, -0.25) is 0 Å². The molecule has 140 valence electrons. The van der Waals surface area contributed by atoms with Crippen molar-refractivity contribution >= 4 is 17.7 Å². The highest BCUT2D eigenvalue weighted by Gasteiger charge is 2.34. The number of carbonyl (C=O) groups is 1. The van der Waals surface area contributed by atoms with Gasteiger partial charge in [-0.05, 0) is 70.7 Å². The lowest BCUT2D eigenvalue weighted by molar-refractivity contribution is 0.0231. The summed E-state index contributed by atoms with van der Waals surface area (Å²) in [6.07, 6.45) is 3.90. The minimum absolute atomic E-state index is 0.183. The molecule has 1 fully saturated rings. The third-order valence-electron chi connectivity index (χ3n) is 4.24. The highest BCUT2D eigenvalue weighted by Crippen LogP contribution is 2.28. The number of nitrogens with one attached hydrogen (secondary N) is 1. The number of halogens is 1. The van der Waals surface area contributed by atoms with Crippen molar-refractivity contribution in [2.45, 2.75) is 71.1 Å². The number of rotatable bonds is 8. The quantitative estimate of drug-likeness (QED) is 0.645. The van der Waals surface area contributed by atoms with E-state index in [4.69, 9.17) is 16.3 Å². The monoisotopic (exact) mass is 366 g/mol. The van der Waals surface area contributed by atoms with Crippen molar-refractivity contribution < 1.29 is 9.53 Å². The Bertz CT molecular complexity index is 567. The van der Waals surface area contributed by atoms with Gasteiger partial charge in [-0.15, -0.1) is 0 Å². The molecule has 0 aromatic heterocycles. The van der Waals surface area contributed by atoms with Gasteiger partial charge in [-0.1, -0.05) is 30.7 Å². The van der Waals surface area contributed by atoms with E-state index in [-0.39, 0.29) is 12.1 Å². The summed E-state index contributed by atoms with van der Waals surface area (Å²) in [6.45, 7) is 9.49. The second kappa shape index (κ2) is 8.91. The second-order valence-corrected chi connectivity index (χ2v) is 8.16. The van der Waals surface area contributed by atoms with Gasteiger partial charge < -0.3 is 15.0 Å². The molecule has 0 spiro atoms. The van der Waals surface area contributed by atoms with Crippen LogP contribution in [0.5, 0.6) is 0 Å². The molecular formula is C20H31ClN2O2. The van der Waals surface area contributed by atoms with E-state index in [0.717, 1.165) is 43.8 Å². The molecule has 4 nitrogen and oxygen atoms in total. The minimum Gasteiger partial charge on any atom is -0.444 e. The zero-order chi connectivity index (χ0) is 18.4. The SMILES string of the molecule is CCC(NCCCN(C(=O)OC(C)(C)C)C1CC1)c1cccc(Cl)c1. The highest BCUT2D eigenvalue weighted by atomic mass is 35.5. The fourth-order valence-electron chi connectivity index (χ4n) is 2.88. The summed E-state index contributed by atoms with van der Waals surface area (Å²) >= 11 is 6.09. The van der Waals surface area contributed by atoms with Crippen LogP contribution in [0.25, 0.3) is 0 Å². The molecule has 0 saturated heterocycles. The normalized spacial score (nSPS) is 15.7. The van der Waals surface area contributed by atoms with Gasteiger partial charge in [0.05, 0.1) is 0 Å². The van der Waals surface area contributed by atoms with Crippen molar-refractivity contribution in [3.05, 3.63) is 34.9 Å². The van der Waals surface area contributed by atoms with Crippen molar-refractivity contribution in [2.75, 3.05) is 13.1 Å². The minimum atomic E-state index is -0.442. The molecule has 1 aromatic rings. The van der Waals surface area contributed by atoms with Crippen LogP contribution < -0.4 is 5.32 Å². The average molecular weight is 367 g/mol. The molecule has 0 aliphatic heterocycles. The summed E-state index contributed by atoms with van der Waals surface area (Å²) < 4.78 is 5.53. The van der Waals surface area contributed by atoms with Gasteiger partial charge >= 0.3 is 6.09 Å². The van der Waals surface area contributed by atoms with Gasteiger partial charge in [0, 0.05) is 23.7 Å². The maximum Gasteiger partial charge on any atom is 0.410 e. The first-order valence-corrected chi connectivity index (χ1v) is 9.66. The lowest BCUT2D eigenvalue weighted by Crippen LogP contribution is -2.39. The molecule has 5 heteroatoms. The largest absolute Gasteiger partial charge is 0.444 e. The molecule has 1 aliphatic carbocycles. The van der Waals surface area contributed by atoms with Crippen molar-refractivity contribution in [3.63, 3.8) is 0 Å². The van der Waals surface area contributed by atoms with Gasteiger partial charge in [-0.25, -0.2) is 4.79 Å².